The van der Waals surface area contributed by atoms with Crippen molar-refractivity contribution in [3.63, 3.8) is 0 Å². The van der Waals surface area contributed by atoms with E-state index in [1.54, 1.807) is 6.20 Å². The molecule has 0 bridgehead atoms. The first-order valence-corrected chi connectivity index (χ1v) is 12.6. The number of hydrogen-bond acceptors (Lipinski definition) is 4. The number of hydrogen-bond donors (Lipinski definition) is 0. The molecule has 6 nitrogen and oxygen atoms in total. The Balaban J connectivity index is 1.34. The fourth-order valence-electron chi connectivity index (χ4n) is 5.45. The predicted octanol–water partition coefficient (Wildman–Crippen LogP) is 4.25. The average molecular weight is 458 g/mol. The first kappa shape index (κ1) is 22.8. The van der Waals surface area contributed by atoms with Gasteiger partial charge < -0.3 is 4.90 Å². The number of pyridine rings is 1. The molecule has 0 N–H and O–H groups in total. The minimum absolute atomic E-state index is 0.0949. The van der Waals surface area contributed by atoms with E-state index in [0.717, 1.165) is 57.4 Å². The molecule has 1 aliphatic heterocycles. The molecule has 1 amide bonds. The minimum Gasteiger partial charge on any atom is -0.331 e. The zero-order chi connectivity index (χ0) is 23.5. The molecule has 3 heterocycles. The van der Waals surface area contributed by atoms with E-state index >= 15 is 0 Å². The lowest BCUT2D eigenvalue weighted by Crippen LogP contribution is -2.50. The van der Waals surface area contributed by atoms with Gasteiger partial charge in [-0.25, -0.2) is 0 Å². The molecule has 5 rings (SSSR count). The lowest BCUT2D eigenvalue weighted by molar-refractivity contribution is 0.0477. The molecule has 178 valence electrons. The van der Waals surface area contributed by atoms with Crippen LogP contribution in [0, 0.1) is 12.8 Å². The van der Waals surface area contributed by atoms with Crippen LogP contribution >= 0.6 is 0 Å². The van der Waals surface area contributed by atoms with Crippen LogP contribution in [-0.4, -0.2) is 55.6 Å². The van der Waals surface area contributed by atoms with Crippen LogP contribution in [0.3, 0.4) is 0 Å². The SMILES string of the molecule is Cc1nn(C)cc1CN1CCC([C@@H](Cc2ccccc2)N(C(=O)c2ccccn2)C2CC2)CC1. The maximum atomic E-state index is 13.7. The molecular formula is C28H35N5O. The highest BCUT2D eigenvalue weighted by Crippen LogP contribution is 2.36. The number of amides is 1. The second kappa shape index (κ2) is 10.1. The molecule has 6 heteroatoms. The van der Waals surface area contributed by atoms with Crippen LogP contribution in [0.15, 0.2) is 60.9 Å². The third-order valence-corrected chi connectivity index (χ3v) is 7.39. The molecule has 2 fully saturated rings. The molecule has 2 aromatic heterocycles. The number of likely N-dealkylation sites (tertiary alicyclic amines) is 1. The highest BCUT2D eigenvalue weighted by molar-refractivity contribution is 5.93. The Hall–Kier alpha value is -2.99. The Labute approximate surface area is 202 Å². The number of carbonyl (C=O) groups is 1. The summed E-state index contributed by atoms with van der Waals surface area (Å²) in [4.78, 5) is 22.8. The van der Waals surface area contributed by atoms with E-state index in [4.69, 9.17) is 0 Å². The second-order valence-electron chi connectivity index (χ2n) is 9.94. The molecule has 1 saturated heterocycles. The lowest BCUT2D eigenvalue weighted by atomic mass is 9.84. The molecular weight excluding hydrogens is 422 g/mol. The highest BCUT2D eigenvalue weighted by Gasteiger charge is 2.42. The number of rotatable bonds is 8. The normalized spacial score (nSPS) is 18.1. The van der Waals surface area contributed by atoms with Crippen molar-refractivity contribution in [1.82, 2.24) is 24.6 Å². The standard InChI is InChI=1S/C28H35N5O/c1-21-24(19-31(2)30-21)20-32-16-13-23(14-17-32)27(18-22-8-4-3-5-9-22)33(25-11-12-25)28(34)26-10-6-7-15-29-26/h3-10,15,19,23,25,27H,11-14,16-18,20H2,1-2H3/t27-/m1/s1. The summed E-state index contributed by atoms with van der Waals surface area (Å²) in [5, 5.41) is 4.50. The van der Waals surface area contributed by atoms with Crippen LogP contribution in [0.1, 0.15) is 53.0 Å². The van der Waals surface area contributed by atoms with E-state index < -0.39 is 0 Å². The third kappa shape index (κ3) is 5.22. The van der Waals surface area contributed by atoms with Gasteiger partial charge in [0.1, 0.15) is 5.69 Å². The van der Waals surface area contributed by atoms with Gasteiger partial charge in [0.2, 0.25) is 0 Å². The van der Waals surface area contributed by atoms with E-state index in [0.29, 0.717) is 17.7 Å². The van der Waals surface area contributed by atoms with Gasteiger partial charge in [0.15, 0.2) is 0 Å². The molecule has 3 aromatic rings. The Morgan fingerprint density at radius 3 is 2.41 bits per heavy atom. The molecule has 0 spiro atoms. The largest absolute Gasteiger partial charge is 0.331 e. The van der Waals surface area contributed by atoms with E-state index in [1.165, 1.54) is 11.1 Å². The smallest absolute Gasteiger partial charge is 0.272 e. The van der Waals surface area contributed by atoms with Crippen molar-refractivity contribution in [2.45, 2.75) is 57.7 Å². The zero-order valence-electron chi connectivity index (χ0n) is 20.3. The zero-order valence-corrected chi connectivity index (χ0v) is 20.3. The summed E-state index contributed by atoms with van der Waals surface area (Å²) in [5.41, 5.74) is 4.30. The Bertz CT molecular complexity index is 1080. The predicted molar refractivity (Wildman–Crippen MR) is 133 cm³/mol. The monoisotopic (exact) mass is 457 g/mol. The van der Waals surface area contributed by atoms with Crippen LogP contribution < -0.4 is 0 Å². The van der Waals surface area contributed by atoms with E-state index in [2.05, 4.69) is 63.3 Å². The van der Waals surface area contributed by atoms with Crippen molar-refractivity contribution < 1.29 is 4.79 Å². The summed E-state index contributed by atoms with van der Waals surface area (Å²) in [5.74, 6) is 0.581. The summed E-state index contributed by atoms with van der Waals surface area (Å²) in [7, 11) is 1.99. The van der Waals surface area contributed by atoms with Crippen molar-refractivity contribution in [3.8, 4) is 0 Å². The van der Waals surface area contributed by atoms with Crippen molar-refractivity contribution in [2.24, 2.45) is 13.0 Å². The maximum absolute atomic E-state index is 13.7. The van der Waals surface area contributed by atoms with Gasteiger partial charge in [-0.15, -0.1) is 0 Å². The van der Waals surface area contributed by atoms with Crippen LogP contribution in [0.5, 0.6) is 0 Å². The molecule has 1 atom stereocenters. The van der Waals surface area contributed by atoms with Gasteiger partial charge in [-0.1, -0.05) is 36.4 Å². The molecule has 1 aromatic carbocycles. The van der Waals surface area contributed by atoms with Crippen molar-refractivity contribution in [3.05, 3.63) is 83.4 Å². The summed E-state index contributed by atoms with van der Waals surface area (Å²) in [6, 6.07) is 16.9. The van der Waals surface area contributed by atoms with Gasteiger partial charge in [-0.3, -0.25) is 19.4 Å². The van der Waals surface area contributed by atoms with Gasteiger partial charge >= 0.3 is 0 Å². The Kier molecular flexibility index (Phi) is 6.77. The summed E-state index contributed by atoms with van der Waals surface area (Å²) < 4.78 is 1.91. The Morgan fingerprint density at radius 2 is 1.79 bits per heavy atom. The molecule has 1 aliphatic carbocycles. The summed E-state index contributed by atoms with van der Waals surface area (Å²) in [6.45, 7) is 5.16. The van der Waals surface area contributed by atoms with Crippen LogP contribution in [0.2, 0.25) is 0 Å². The van der Waals surface area contributed by atoms with Gasteiger partial charge in [-0.05, 0) is 75.7 Å². The lowest BCUT2D eigenvalue weighted by Gasteiger charge is -2.41. The van der Waals surface area contributed by atoms with Gasteiger partial charge in [0.05, 0.1) is 5.69 Å². The fourth-order valence-corrected chi connectivity index (χ4v) is 5.45. The molecule has 2 aliphatic rings. The van der Waals surface area contributed by atoms with E-state index in [9.17, 15) is 4.79 Å². The summed E-state index contributed by atoms with van der Waals surface area (Å²) >= 11 is 0. The van der Waals surface area contributed by atoms with Gasteiger partial charge in [-0.2, -0.15) is 5.10 Å². The first-order chi connectivity index (χ1) is 16.6. The molecule has 0 radical (unpaired) electrons. The van der Waals surface area contributed by atoms with Crippen LogP contribution in [-0.2, 0) is 20.0 Å². The number of nitrogens with zero attached hydrogens (tertiary/aromatic N) is 5. The number of aryl methyl sites for hydroxylation is 2. The van der Waals surface area contributed by atoms with Crippen LogP contribution in [0.25, 0.3) is 0 Å². The van der Waals surface area contributed by atoms with Crippen molar-refractivity contribution in [1.29, 1.82) is 0 Å². The maximum Gasteiger partial charge on any atom is 0.272 e. The minimum atomic E-state index is 0.0949. The van der Waals surface area contributed by atoms with E-state index in [1.807, 2.05) is 29.9 Å². The number of benzene rings is 1. The molecule has 1 saturated carbocycles. The second-order valence-corrected chi connectivity index (χ2v) is 9.94. The van der Waals surface area contributed by atoms with Gasteiger partial charge in [0.25, 0.3) is 5.91 Å². The van der Waals surface area contributed by atoms with E-state index in [-0.39, 0.29) is 11.9 Å². The topological polar surface area (TPSA) is 54.3 Å². The fraction of sp³-hybridized carbons (Fsp3) is 0.464. The van der Waals surface area contributed by atoms with Crippen LogP contribution in [0.4, 0.5) is 0 Å². The first-order valence-electron chi connectivity index (χ1n) is 12.6. The van der Waals surface area contributed by atoms with Crippen molar-refractivity contribution in [2.75, 3.05) is 13.1 Å². The number of aromatic nitrogens is 3. The highest BCUT2D eigenvalue weighted by atomic mass is 16.2. The van der Waals surface area contributed by atoms with Gasteiger partial charge in [0, 0.05) is 43.6 Å². The third-order valence-electron chi connectivity index (χ3n) is 7.39. The Morgan fingerprint density at radius 1 is 1.06 bits per heavy atom. The molecule has 0 unspecified atom stereocenters. The molecule has 34 heavy (non-hydrogen) atoms. The number of piperidine rings is 1. The summed E-state index contributed by atoms with van der Waals surface area (Å²) in [6.07, 6.45) is 9.18. The quantitative estimate of drug-likeness (QED) is 0.507. The average Bonchev–Trinajstić information content (AvgIpc) is 3.64. The van der Waals surface area contributed by atoms with Crippen molar-refractivity contribution >= 4 is 5.91 Å². The number of carbonyl (C=O) groups excluding carboxylic acids is 1.